The van der Waals surface area contributed by atoms with Crippen LogP contribution >= 0.6 is 23.1 Å². The van der Waals surface area contributed by atoms with Crippen LogP contribution in [0.5, 0.6) is 5.88 Å². The third-order valence-corrected chi connectivity index (χ3v) is 9.43. The number of thiophene rings is 1. The van der Waals surface area contributed by atoms with Gasteiger partial charge in [0.05, 0.1) is 18.7 Å². The van der Waals surface area contributed by atoms with E-state index in [9.17, 15) is 4.79 Å². The standard InChI is InChI=1S/C27H31N3O4S2/c1-3-10-35-20-6-4-17(5-7-20)21-15-36-24-22(21)28-16-29-25(24)33-23-18-11-30(12-19(23)14-32-13-18)26(31)34-27(2)8-9-27/h4-7,15-16,18-19,23H,3,8-14H2,1-2H3. The number of ether oxygens (including phenoxy) is 3. The first kappa shape index (κ1) is 24.0. The van der Waals surface area contributed by atoms with Crippen LogP contribution in [0, 0.1) is 11.8 Å². The molecule has 1 amide bonds. The minimum Gasteiger partial charge on any atom is -0.472 e. The number of carbonyl (C=O) groups excluding carboxylic acids is 1. The maximum Gasteiger partial charge on any atom is 0.410 e. The van der Waals surface area contributed by atoms with Crippen molar-refractivity contribution < 1.29 is 19.0 Å². The summed E-state index contributed by atoms with van der Waals surface area (Å²) in [5, 5.41) is 2.14. The number of fused-ring (bicyclic) bond motifs is 3. The molecule has 36 heavy (non-hydrogen) atoms. The molecule has 2 saturated heterocycles. The Hall–Kier alpha value is -2.36. The molecule has 1 aliphatic carbocycles. The molecule has 3 aromatic rings. The lowest BCUT2D eigenvalue weighted by Gasteiger charge is -2.46. The molecule has 6 rings (SSSR count). The first-order chi connectivity index (χ1) is 17.5. The largest absolute Gasteiger partial charge is 0.472 e. The summed E-state index contributed by atoms with van der Waals surface area (Å²) >= 11 is 3.50. The highest BCUT2D eigenvalue weighted by Crippen LogP contribution is 2.41. The number of aromatic nitrogens is 2. The number of hydrogen-bond donors (Lipinski definition) is 0. The van der Waals surface area contributed by atoms with Crippen LogP contribution in [0.4, 0.5) is 4.79 Å². The summed E-state index contributed by atoms with van der Waals surface area (Å²) in [7, 11) is 0. The Morgan fingerprint density at radius 2 is 1.94 bits per heavy atom. The molecular weight excluding hydrogens is 494 g/mol. The van der Waals surface area contributed by atoms with E-state index in [1.165, 1.54) is 4.90 Å². The minimum atomic E-state index is -0.270. The highest BCUT2D eigenvalue weighted by Gasteiger charge is 2.47. The van der Waals surface area contributed by atoms with Gasteiger partial charge in [0.15, 0.2) is 0 Å². The summed E-state index contributed by atoms with van der Waals surface area (Å²) < 4.78 is 19.1. The smallest absolute Gasteiger partial charge is 0.410 e. The molecule has 0 radical (unpaired) electrons. The van der Waals surface area contributed by atoms with Gasteiger partial charge in [-0.05, 0) is 49.6 Å². The van der Waals surface area contributed by atoms with Crippen LogP contribution in [-0.4, -0.2) is 64.7 Å². The Morgan fingerprint density at radius 3 is 2.64 bits per heavy atom. The van der Waals surface area contributed by atoms with E-state index >= 15 is 0 Å². The predicted octanol–water partition coefficient (Wildman–Crippen LogP) is 5.88. The van der Waals surface area contributed by atoms with E-state index in [-0.39, 0.29) is 29.6 Å². The van der Waals surface area contributed by atoms with Crippen LogP contribution in [0.1, 0.15) is 33.1 Å². The quantitative estimate of drug-likeness (QED) is 0.357. The molecule has 2 atom stereocenters. The van der Waals surface area contributed by atoms with Crippen molar-refractivity contribution >= 4 is 39.4 Å². The van der Waals surface area contributed by atoms with Gasteiger partial charge in [0, 0.05) is 40.8 Å². The number of likely N-dealkylation sites (tertiary alicyclic amines) is 1. The van der Waals surface area contributed by atoms with Gasteiger partial charge in [-0.25, -0.2) is 14.8 Å². The lowest BCUT2D eigenvalue weighted by molar-refractivity contribution is -0.111. The van der Waals surface area contributed by atoms with Gasteiger partial charge in [-0.1, -0.05) is 19.1 Å². The summed E-state index contributed by atoms with van der Waals surface area (Å²) in [5.41, 5.74) is 2.89. The molecule has 0 N–H and O–H groups in total. The molecule has 3 fully saturated rings. The Balaban J connectivity index is 1.20. The zero-order chi connectivity index (χ0) is 24.7. The fourth-order valence-corrected chi connectivity index (χ4v) is 6.72. The molecule has 4 heterocycles. The molecule has 1 aromatic carbocycles. The molecule has 0 spiro atoms. The molecule has 2 aliphatic heterocycles. The van der Waals surface area contributed by atoms with E-state index in [4.69, 9.17) is 14.2 Å². The Morgan fingerprint density at radius 1 is 1.19 bits per heavy atom. The normalized spacial score (nSPS) is 24.5. The third kappa shape index (κ3) is 4.80. The summed E-state index contributed by atoms with van der Waals surface area (Å²) in [6.07, 6.45) is 4.38. The minimum absolute atomic E-state index is 0.0576. The van der Waals surface area contributed by atoms with Crippen molar-refractivity contribution in [3.05, 3.63) is 36.0 Å². The second-order valence-electron chi connectivity index (χ2n) is 10.2. The summed E-state index contributed by atoms with van der Waals surface area (Å²) in [5.74, 6) is 1.90. The SMILES string of the molecule is CCCSc1ccc(-c2csc3c(OC4C5COCC4CN(C(=O)OC4(C)CC4)C5)ncnc23)cc1. The number of piperidine rings is 1. The van der Waals surface area contributed by atoms with Gasteiger partial charge in [-0.2, -0.15) is 0 Å². The molecule has 9 heteroatoms. The van der Waals surface area contributed by atoms with Crippen LogP contribution in [0.25, 0.3) is 21.3 Å². The number of amides is 1. The van der Waals surface area contributed by atoms with Crippen molar-refractivity contribution in [1.82, 2.24) is 14.9 Å². The van der Waals surface area contributed by atoms with E-state index in [1.807, 2.05) is 23.6 Å². The first-order valence-corrected chi connectivity index (χ1v) is 14.6. The van der Waals surface area contributed by atoms with Crippen molar-refractivity contribution in [1.29, 1.82) is 0 Å². The van der Waals surface area contributed by atoms with E-state index in [1.54, 1.807) is 17.7 Å². The molecule has 7 nitrogen and oxygen atoms in total. The first-order valence-electron chi connectivity index (χ1n) is 12.7. The second-order valence-corrected chi connectivity index (χ2v) is 12.3. The highest BCUT2D eigenvalue weighted by molar-refractivity contribution is 7.99. The predicted molar refractivity (Wildman–Crippen MR) is 142 cm³/mol. The molecule has 2 unspecified atom stereocenters. The summed E-state index contributed by atoms with van der Waals surface area (Å²) in [6.45, 7) is 6.47. The molecule has 190 valence electrons. The fourth-order valence-electron chi connectivity index (χ4n) is 4.99. The number of carbonyl (C=O) groups is 1. The van der Waals surface area contributed by atoms with Gasteiger partial charge in [0.1, 0.15) is 22.7 Å². The maximum atomic E-state index is 12.7. The summed E-state index contributed by atoms with van der Waals surface area (Å²) in [6, 6.07) is 8.70. The van der Waals surface area contributed by atoms with Gasteiger partial charge in [-0.3, -0.25) is 0 Å². The molecule has 1 saturated carbocycles. The van der Waals surface area contributed by atoms with Crippen LogP contribution in [0.3, 0.4) is 0 Å². The number of rotatable bonds is 7. The van der Waals surface area contributed by atoms with Gasteiger partial charge in [0.25, 0.3) is 0 Å². The number of thioether (sulfide) groups is 1. The lowest BCUT2D eigenvalue weighted by Crippen LogP contribution is -2.59. The van der Waals surface area contributed by atoms with E-state index < -0.39 is 0 Å². The average Bonchev–Trinajstić information content (AvgIpc) is 3.43. The van der Waals surface area contributed by atoms with Gasteiger partial charge < -0.3 is 19.1 Å². The van der Waals surface area contributed by atoms with E-state index in [2.05, 4.69) is 46.5 Å². The molecule has 2 aromatic heterocycles. The Labute approximate surface area is 219 Å². The maximum absolute atomic E-state index is 12.7. The topological polar surface area (TPSA) is 73.8 Å². The van der Waals surface area contributed by atoms with Crippen molar-refractivity contribution in [2.24, 2.45) is 11.8 Å². The summed E-state index contributed by atoms with van der Waals surface area (Å²) in [4.78, 5) is 25.0. The lowest BCUT2D eigenvalue weighted by atomic mass is 9.84. The van der Waals surface area contributed by atoms with Crippen LogP contribution < -0.4 is 4.74 Å². The Kier molecular flexibility index (Phi) is 6.56. The fraction of sp³-hybridized carbons (Fsp3) is 0.519. The van der Waals surface area contributed by atoms with Gasteiger partial charge >= 0.3 is 6.09 Å². The molecule has 3 aliphatic rings. The third-order valence-electron chi connectivity index (χ3n) is 7.26. The van der Waals surface area contributed by atoms with Gasteiger partial charge in [0.2, 0.25) is 5.88 Å². The van der Waals surface area contributed by atoms with Crippen LogP contribution in [0.2, 0.25) is 0 Å². The van der Waals surface area contributed by atoms with Crippen molar-refractivity contribution in [3.63, 3.8) is 0 Å². The monoisotopic (exact) mass is 525 g/mol. The zero-order valence-electron chi connectivity index (χ0n) is 20.6. The molecule has 2 bridgehead atoms. The highest BCUT2D eigenvalue weighted by atomic mass is 32.2. The number of benzene rings is 1. The van der Waals surface area contributed by atoms with Crippen molar-refractivity contribution in [2.45, 2.75) is 49.7 Å². The average molecular weight is 526 g/mol. The van der Waals surface area contributed by atoms with Crippen LogP contribution in [0.15, 0.2) is 40.9 Å². The second kappa shape index (κ2) is 9.84. The van der Waals surface area contributed by atoms with E-state index in [0.29, 0.717) is 32.2 Å². The van der Waals surface area contributed by atoms with E-state index in [0.717, 1.165) is 46.4 Å². The zero-order valence-corrected chi connectivity index (χ0v) is 22.3. The molecular formula is C27H31N3O4S2. The van der Waals surface area contributed by atoms with Crippen molar-refractivity contribution in [3.8, 4) is 17.0 Å². The van der Waals surface area contributed by atoms with Crippen molar-refractivity contribution in [2.75, 3.05) is 32.1 Å². The Bertz CT molecular complexity index is 1230. The number of nitrogens with zero attached hydrogens (tertiary/aromatic N) is 3. The number of hydrogen-bond acceptors (Lipinski definition) is 8. The van der Waals surface area contributed by atoms with Crippen LogP contribution in [-0.2, 0) is 9.47 Å². The van der Waals surface area contributed by atoms with Gasteiger partial charge in [-0.15, -0.1) is 23.1 Å².